The van der Waals surface area contributed by atoms with Crippen molar-refractivity contribution in [2.24, 2.45) is 28.6 Å². The maximum Gasteiger partial charge on any atom is 0 e. The van der Waals surface area contributed by atoms with Gasteiger partial charge in [-0.05, 0) is 0 Å². The zero-order valence-corrected chi connectivity index (χ0v) is 29.7. The van der Waals surface area contributed by atoms with Crippen molar-refractivity contribution < 1.29 is 98.1 Å². The van der Waals surface area contributed by atoms with Crippen LogP contribution < -0.4 is 0 Å². The molecule has 0 aromatic carbocycles. The van der Waals surface area contributed by atoms with Gasteiger partial charge in [0.2, 0.25) is 0 Å². The van der Waals surface area contributed by atoms with Crippen LogP contribution in [0.1, 0.15) is 109 Å². The molecule has 0 aliphatic rings. The first-order chi connectivity index (χ1) is 10.7. The van der Waals surface area contributed by atoms with Crippen molar-refractivity contribution in [1.82, 2.24) is 0 Å². The van der Waals surface area contributed by atoms with Crippen LogP contribution in [0.4, 0.5) is 0 Å². The fraction of sp³-hybridized carbons (Fsp3) is 0.875. The van der Waals surface area contributed by atoms with Crippen LogP contribution in [-0.2, 0) is 98.1 Å². The first kappa shape index (κ1) is 44.1. The van der Waals surface area contributed by atoms with E-state index in [4.69, 9.17) is 0 Å². The van der Waals surface area contributed by atoms with Gasteiger partial charge < -0.3 is 19.8 Å². The molecule has 0 N–H and O–H groups in total. The van der Waals surface area contributed by atoms with E-state index in [0.717, 1.165) is 5.92 Å². The quantitative estimate of drug-likeness (QED) is 0.254. The molecule has 0 aliphatic heterocycles. The van der Waals surface area contributed by atoms with Gasteiger partial charge in [-0.15, -0.1) is 0 Å². The summed E-state index contributed by atoms with van der Waals surface area (Å²) >= 11 is 0. The largest absolute Gasteiger partial charge is 0.340 e. The van der Waals surface area contributed by atoms with Crippen LogP contribution in [0.3, 0.4) is 0 Å². The van der Waals surface area contributed by atoms with E-state index in [2.05, 4.69) is 96.9 Å². The molecule has 0 aromatic heterocycles. The summed E-state index contributed by atoms with van der Waals surface area (Å²) in [7, 11) is 0. The van der Waals surface area contributed by atoms with Crippen LogP contribution >= 0.6 is 0 Å². The summed E-state index contributed by atoms with van der Waals surface area (Å²) in [5.74, 6) is 3.59. The van der Waals surface area contributed by atoms with E-state index in [0.29, 0.717) is 22.7 Å². The molecular formula is C24H51Y3-3. The van der Waals surface area contributed by atoms with E-state index >= 15 is 0 Å². The average molecular weight is 606 g/mol. The van der Waals surface area contributed by atoms with Crippen molar-refractivity contribution in [2.45, 2.75) is 109 Å². The Balaban J connectivity index is -0.0000000580. The first-order valence-corrected chi connectivity index (χ1v) is 10.2. The van der Waals surface area contributed by atoms with Crippen molar-refractivity contribution in [3.63, 3.8) is 0 Å². The van der Waals surface area contributed by atoms with Crippen LogP contribution in [0, 0.1) is 48.3 Å². The fourth-order valence-electron chi connectivity index (χ4n) is 1.39. The van der Waals surface area contributed by atoms with Crippen LogP contribution in [0.15, 0.2) is 0 Å². The molecule has 0 aromatic rings. The predicted molar refractivity (Wildman–Crippen MR) is 116 cm³/mol. The van der Waals surface area contributed by atoms with Crippen LogP contribution in [-0.4, -0.2) is 0 Å². The van der Waals surface area contributed by atoms with Gasteiger partial charge in [-0.3, -0.25) is 0 Å². The molecule has 0 saturated heterocycles. The van der Waals surface area contributed by atoms with Gasteiger partial charge in [0.05, 0.1) is 0 Å². The number of rotatable bonds is 7. The van der Waals surface area contributed by atoms with Crippen molar-refractivity contribution in [3.05, 3.63) is 19.8 Å². The first-order valence-electron chi connectivity index (χ1n) is 10.2. The van der Waals surface area contributed by atoms with Crippen LogP contribution in [0.5, 0.6) is 0 Å². The average Bonchev–Trinajstić information content (AvgIpc) is 2.53. The Morgan fingerprint density at radius 2 is 0.963 bits per heavy atom. The molecule has 27 heavy (non-hydrogen) atoms. The number of hydrogen-bond donors (Lipinski definition) is 0. The zero-order chi connectivity index (χ0) is 20.1. The van der Waals surface area contributed by atoms with E-state index < -0.39 is 0 Å². The Labute approximate surface area is 251 Å². The summed E-state index contributed by atoms with van der Waals surface area (Å²) in [6, 6.07) is 0. The second kappa shape index (κ2) is 24.0. The van der Waals surface area contributed by atoms with Crippen molar-refractivity contribution in [3.8, 4) is 0 Å². The smallest absolute Gasteiger partial charge is 0 e. The third-order valence-corrected chi connectivity index (χ3v) is 6.50. The molecule has 3 radical (unpaired) electrons. The molecule has 0 heterocycles. The molecule has 0 saturated carbocycles. The molecule has 0 fully saturated rings. The summed E-state index contributed by atoms with van der Waals surface area (Å²) in [6.45, 7) is 34.7. The van der Waals surface area contributed by atoms with Crippen LogP contribution in [0.25, 0.3) is 0 Å². The van der Waals surface area contributed by atoms with Crippen molar-refractivity contribution >= 4 is 0 Å². The molecule has 0 amide bonds. The van der Waals surface area contributed by atoms with Gasteiger partial charge in [-0.2, -0.15) is 31.1 Å². The Morgan fingerprint density at radius 3 is 1.00 bits per heavy atom. The van der Waals surface area contributed by atoms with Gasteiger partial charge in [0.1, 0.15) is 0 Å². The van der Waals surface area contributed by atoms with Gasteiger partial charge in [0.15, 0.2) is 0 Å². The summed E-state index contributed by atoms with van der Waals surface area (Å²) < 4.78 is 0. The summed E-state index contributed by atoms with van der Waals surface area (Å²) in [5, 5.41) is 0. The third kappa shape index (κ3) is 25.4. The molecule has 0 spiro atoms. The molecule has 3 atom stereocenters. The number of hydrogen-bond acceptors (Lipinski definition) is 0. The normalized spacial score (nSPS) is 13.9. The van der Waals surface area contributed by atoms with Gasteiger partial charge >= 0.3 is 0 Å². The summed E-state index contributed by atoms with van der Waals surface area (Å²) in [4.78, 5) is 0. The minimum Gasteiger partial charge on any atom is -0.340 e. The summed E-state index contributed by atoms with van der Waals surface area (Å²) in [5.41, 5.74) is 0.861. The Hall–Kier alpha value is 3.31. The molecule has 0 aliphatic carbocycles. The summed E-state index contributed by atoms with van der Waals surface area (Å²) in [6.07, 6.45) is 4.98. The fourth-order valence-corrected chi connectivity index (χ4v) is 1.39. The van der Waals surface area contributed by atoms with E-state index in [1.807, 2.05) is 0 Å². The second-order valence-corrected chi connectivity index (χ2v) is 9.00. The molecule has 0 bridgehead atoms. The molecule has 3 heteroatoms. The minimum atomic E-state index is 0. The van der Waals surface area contributed by atoms with Gasteiger partial charge in [0, 0.05) is 98.1 Å². The minimum absolute atomic E-state index is 0. The molecule has 0 rings (SSSR count). The SMILES string of the molecule is CC[C-](C)C(C)CC.[CH2-]C(C)C(C)(C)CC.[CH2-]C(C)C(C)(C)CC.[Y].[Y].[Y]. The standard InChI is InChI=1S/3C8H17.3Y/c2*1-6-8(4,5)7(2)3;1-5-7(3)8(4)6-2;;;/h2*7H,2,6H2,1,3-5H3;7H,5-6H2,1-4H3;;;/q3*-1;;;. The molecular weight excluding hydrogens is 555 g/mol. The van der Waals surface area contributed by atoms with E-state index in [9.17, 15) is 0 Å². The zero-order valence-electron chi connectivity index (χ0n) is 21.2. The molecule has 159 valence electrons. The van der Waals surface area contributed by atoms with Gasteiger partial charge in [-0.1, -0.05) is 106 Å². The monoisotopic (exact) mass is 606 g/mol. The molecule has 3 unspecified atom stereocenters. The Kier molecular flexibility index (Phi) is 39.1. The maximum absolute atomic E-state index is 3.98. The Morgan fingerprint density at radius 1 is 0.704 bits per heavy atom. The van der Waals surface area contributed by atoms with Crippen molar-refractivity contribution in [2.75, 3.05) is 0 Å². The van der Waals surface area contributed by atoms with Crippen LogP contribution in [0.2, 0.25) is 0 Å². The second-order valence-electron chi connectivity index (χ2n) is 9.00. The maximum atomic E-state index is 3.98. The predicted octanol–water partition coefficient (Wildman–Crippen LogP) is 8.81. The van der Waals surface area contributed by atoms with Gasteiger partial charge in [-0.25, -0.2) is 0 Å². The third-order valence-electron chi connectivity index (χ3n) is 6.50. The van der Waals surface area contributed by atoms with E-state index in [1.54, 1.807) is 5.92 Å². The van der Waals surface area contributed by atoms with E-state index in [-0.39, 0.29) is 98.1 Å². The van der Waals surface area contributed by atoms with Gasteiger partial charge in [0.25, 0.3) is 0 Å². The van der Waals surface area contributed by atoms with E-state index in [1.165, 1.54) is 25.7 Å². The molecule has 0 nitrogen and oxygen atoms in total. The Bertz CT molecular complexity index is 243. The topological polar surface area (TPSA) is 0 Å². The van der Waals surface area contributed by atoms with Crippen molar-refractivity contribution in [1.29, 1.82) is 0 Å².